The number of alkyl halides is 2. The molecule has 1 unspecified atom stereocenters. The highest BCUT2D eigenvalue weighted by Gasteiger charge is 2.68. The maximum Gasteiger partial charge on any atom is 0.235 e. The summed E-state index contributed by atoms with van der Waals surface area (Å²) in [6.07, 6.45) is 1.38. The van der Waals surface area contributed by atoms with Crippen LogP contribution >= 0.6 is 34.5 Å². The summed E-state index contributed by atoms with van der Waals surface area (Å²) in [4.78, 5) is 20.6. The van der Waals surface area contributed by atoms with Crippen molar-refractivity contribution in [1.29, 1.82) is 0 Å². The number of halogens is 2. The standard InChI is InChI=1S/C18H19Cl2N3OS/c1-17(11-18(17,19)20)15(24)22-16-21-13-7-8-23(10-14(13)25-16)9-12-5-3-2-4-6-12/h2-6H,7-11H2,1H3,(H,21,22,24). The summed E-state index contributed by atoms with van der Waals surface area (Å²) < 4.78 is -0.958. The van der Waals surface area contributed by atoms with Crippen LogP contribution < -0.4 is 5.32 Å². The summed E-state index contributed by atoms with van der Waals surface area (Å²) in [6.45, 7) is 4.56. The number of hydrogen-bond acceptors (Lipinski definition) is 4. The van der Waals surface area contributed by atoms with Crippen LogP contribution in [-0.4, -0.2) is 26.7 Å². The van der Waals surface area contributed by atoms with E-state index in [-0.39, 0.29) is 5.91 Å². The van der Waals surface area contributed by atoms with E-state index in [1.807, 2.05) is 6.07 Å². The molecule has 0 saturated heterocycles. The molecule has 1 N–H and O–H groups in total. The smallest absolute Gasteiger partial charge is 0.235 e. The lowest BCUT2D eigenvalue weighted by Crippen LogP contribution is -2.29. The maximum absolute atomic E-state index is 12.4. The second-order valence-electron chi connectivity index (χ2n) is 7.00. The molecule has 132 valence electrons. The monoisotopic (exact) mass is 395 g/mol. The van der Waals surface area contributed by atoms with Crippen molar-refractivity contribution in [3.05, 3.63) is 46.5 Å². The van der Waals surface area contributed by atoms with Crippen molar-refractivity contribution in [1.82, 2.24) is 9.88 Å². The lowest BCUT2D eigenvalue weighted by Gasteiger charge is -2.25. The van der Waals surface area contributed by atoms with E-state index in [9.17, 15) is 4.79 Å². The van der Waals surface area contributed by atoms with Crippen LogP contribution in [0.5, 0.6) is 0 Å². The Hall–Kier alpha value is -1.14. The van der Waals surface area contributed by atoms with Gasteiger partial charge in [0.15, 0.2) is 5.13 Å². The number of aromatic nitrogens is 1. The number of benzene rings is 1. The third-order valence-corrected chi connectivity index (χ3v) is 7.14. The fourth-order valence-electron chi connectivity index (χ4n) is 3.16. The number of anilines is 1. The predicted octanol–water partition coefficient (Wildman–Crippen LogP) is 4.22. The van der Waals surface area contributed by atoms with Crippen LogP contribution in [-0.2, 0) is 24.3 Å². The van der Waals surface area contributed by atoms with E-state index < -0.39 is 9.75 Å². The number of nitrogens with one attached hydrogen (secondary N) is 1. The molecule has 25 heavy (non-hydrogen) atoms. The van der Waals surface area contributed by atoms with Gasteiger partial charge in [0.1, 0.15) is 4.33 Å². The minimum absolute atomic E-state index is 0.148. The van der Waals surface area contributed by atoms with Crippen molar-refractivity contribution >= 4 is 45.6 Å². The largest absolute Gasteiger partial charge is 0.301 e. The zero-order chi connectivity index (χ0) is 17.7. The van der Waals surface area contributed by atoms with Crippen molar-refractivity contribution in [3.63, 3.8) is 0 Å². The van der Waals surface area contributed by atoms with Crippen LogP contribution in [0.25, 0.3) is 0 Å². The van der Waals surface area contributed by atoms with Crippen molar-refractivity contribution in [3.8, 4) is 0 Å². The number of thiazole rings is 1. The molecule has 1 aliphatic heterocycles. The lowest BCUT2D eigenvalue weighted by molar-refractivity contribution is -0.120. The van der Waals surface area contributed by atoms with E-state index in [1.54, 1.807) is 18.3 Å². The molecule has 1 atom stereocenters. The molecule has 1 aromatic heterocycles. The molecule has 2 heterocycles. The Kier molecular flexibility index (Phi) is 4.31. The van der Waals surface area contributed by atoms with E-state index in [1.165, 1.54) is 10.4 Å². The van der Waals surface area contributed by atoms with Crippen molar-refractivity contribution in [2.75, 3.05) is 11.9 Å². The number of hydrogen-bond donors (Lipinski definition) is 1. The third kappa shape index (κ3) is 3.31. The van der Waals surface area contributed by atoms with E-state index in [4.69, 9.17) is 23.2 Å². The Labute approximate surface area is 161 Å². The quantitative estimate of drug-likeness (QED) is 0.787. The maximum atomic E-state index is 12.4. The van der Waals surface area contributed by atoms with Gasteiger partial charge in [0.2, 0.25) is 5.91 Å². The molecule has 0 radical (unpaired) electrons. The molecule has 4 nitrogen and oxygen atoms in total. The summed E-state index contributed by atoms with van der Waals surface area (Å²) in [5.74, 6) is -0.148. The summed E-state index contributed by atoms with van der Waals surface area (Å²) >= 11 is 13.7. The normalized spacial score (nSPS) is 24.6. The molecule has 7 heteroatoms. The van der Waals surface area contributed by atoms with Gasteiger partial charge in [-0.1, -0.05) is 30.3 Å². The van der Waals surface area contributed by atoms with E-state index in [2.05, 4.69) is 39.5 Å². The fraction of sp³-hybridized carbons (Fsp3) is 0.444. The number of carbonyl (C=O) groups is 1. The first kappa shape index (κ1) is 17.3. The van der Waals surface area contributed by atoms with Gasteiger partial charge in [-0.15, -0.1) is 34.5 Å². The SMILES string of the molecule is CC1(C(=O)Nc2nc3c(s2)CN(Cc2ccccc2)CC3)CC1(Cl)Cl. The highest BCUT2D eigenvalue weighted by atomic mass is 35.5. The van der Waals surface area contributed by atoms with Crippen molar-refractivity contribution < 1.29 is 4.79 Å². The second kappa shape index (κ2) is 6.23. The number of amides is 1. The zero-order valence-electron chi connectivity index (χ0n) is 13.9. The Morgan fingerprint density at radius 1 is 1.36 bits per heavy atom. The third-order valence-electron chi connectivity index (χ3n) is 5.04. The summed E-state index contributed by atoms with van der Waals surface area (Å²) in [5.41, 5.74) is 1.68. The molecular formula is C18H19Cl2N3OS. The average molecular weight is 396 g/mol. The average Bonchev–Trinajstić information content (AvgIpc) is 2.90. The van der Waals surface area contributed by atoms with Crippen LogP contribution in [0.3, 0.4) is 0 Å². The molecule has 1 saturated carbocycles. The van der Waals surface area contributed by atoms with Crippen molar-refractivity contribution in [2.24, 2.45) is 5.41 Å². The molecule has 1 fully saturated rings. The van der Waals surface area contributed by atoms with Gasteiger partial charge in [0, 0.05) is 30.9 Å². The number of carbonyl (C=O) groups excluding carboxylic acids is 1. The molecule has 1 aliphatic carbocycles. The Morgan fingerprint density at radius 3 is 2.76 bits per heavy atom. The number of rotatable bonds is 4. The minimum atomic E-state index is -0.958. The predicted molar refractivity (Wildman–Crippen MR) is 102 cm³/mol. The van der Waals surface area contributed by atoms with Crippen LogP contribution in [0.2, 0.25) is 0 Å². The van der Waals surface area contributed by atoms with Gasteiger partial charge >= 0.3 is 0 Å². The fourth-order valence-corrected chi connectivity index (χ4v) is 4.91. The lowest BCUT2D eigenvalue weighted by atomic mass is 10.1. The molecule has 4 rings (SSSR count). The van der Waals surface area contributed by atoms with Crippen LogP contribution in [0.15, 0.2) is 30.3 Å². The van der Waals surface area contributed by atoms with E-state index >= 15 is 0 Å². The summed E-state index contributed by atoms with van der Waals surface area (Å²) in [7, 11) is 0. The Balaban J connectivity index is 1.42. The molecule has 1 amide bonds. The van der Waals surface area contributed by atoms with Gasteiger partial charge in [0.05, 0.1) is 11.1 Å². The van der Waals surface area contributed by atoms with Gasteiger partial charge < -0.3 is 5.32 Å². The highest BCUT2D eigenvalue weighted by Crippen LogP contribution is 2.64. The number of fused-ring (bicyclic) bond motifs is 1. The highest BCUT2D eigenvalue weighted by molar-refractivity contribution is 7.15. The molecule has 1 aromatic carbocycles. The Morgan fingerprint density at radius 2 is 2.08 bits per heavy atom. The molecule has 0 bridgehead atoms. The summed E-state index contributed by atoms with van der Waals surface area (Å²) in [6, 6.07) is 10.5. The summed E-state index contributed by atoms with van der Waals surface area (Å²) in [5, 5.41) is 3.55. The first-order chi connectivity index (χ1) is 11.9. The van der Waals surface area contributed by atoms with E-state index in [0.717, 1.165) is 31.7 Å². The Bertz CT molecular complexity index is 808. The van der Waals surface area contributed by atoms with Crippen LogP contribution in [0, 0.1) is 5.41 Å². The minimum Gasteiger partial charge on any atom is -0.301 e. The van der Waals surface area contributed by atoms with Gasteiger partial charge in [-0.25, -0.2) is 4.98 Å². The topological polar surface area (TPSA) is 45.2 Å². The molecule has 0 spiro atoms. The van der Waals surface area contributed by atoms with E-state index in [0.29, 0.717) is 11.6 Å². The van der Waals surface area contributed by atoms with Gasteiger partial charge in [-0.2, -0.15) is 0 Å². The molecule has 2 aliphatic rings. The van der Waals surface area contributed by atoms with Crippen LogP contribution in [0.4, 0.5) is 5.13 Å². The van der Waals surface area contributed by atoms with Crippen LogP contribution in [0.1, 0.15) is 29.5 Å². The molecule has 2 aromatic rings. The molecular weight excluding hydrogens is 377 g/mol. The second-order valence-corrected chi connectivity index (χ2v) is 9.57. The first-order valence-electron chi connectivity index (χ1n) is 8.31. The van der Waals surface area contributed by atoms with Gasteiger partial charge in [-0.3, -0.25) is 9.69 Å². The van der Waals surface area contributed by atoms with Gasteiger partial charge in [0.25, 0.3) is 0 Å². The zero-order valence-corrected chi connectivity index (χ0v) is 16.2. The first-order valence-corrected chi connectivity index (χ1v) is 9.89. The van der Waals surface area contributed by atoms with Gasteiger partial charge in [-0.05, 0) is 18.9 Å². The number of nitrogens with zero attached hydrogens (tertiary/aromatic N) is 2. The van der Waals surface area contributed by atoms with Crippen molar-refractivity contribution in [2.45, 2.75) is 37.2 Å².